The van der Waals surface area contributed by atoms with Gasteiger partial charge in [-0.3, -0.25) is 4.79 Å². The molecule has 1 aromatic rings. The Morgan fingerprint density at radius 3 is 2.75 bits per heavy atom. The van der Waals surface area contributed by atoms with Crippen LogP contribution in [-0.4, -0.2) is 35.4 Å². The third kappa shape index (κ3) is 3.31. The van der Waals surface area contributed by atoms with Gasteiger partial charge in [-0.1, -0.05) is 13.0 Å². The standard InChI is InChI=1S/C12H19N3O/c1-3-8-15(9-7-13)12(16)11-6-4-5-10(2)14-11/h4-6H,3,7-9,13H2,1-2H3. The van der Waals surface area contributed by atoms with Crippen molar-refractivity contribution in [1.29, 1.82) is 0 Å². The molecular formula is C12H19N3O. The highest BCUT2D eigenvalue weighted by molar-refractivity contribution is 5.92. The Balaban J connectivity index is 2.81. The fourth-order valence-corrected chi connectivity index (χ4v) is 1.56. The second-order valence-corrected chi connectivity index (χ2v) is 3.75. The molecule has 0 bridgehead atoms. The lowest BCUT2D eigenvalue weighted by Gasteiger charge is -2.20. The zero-order valence-corrected chi connectivity index (χ0v) is 9.94. The average Bonchev–Trinajstić information content (AvgIpc) is 2.28. The monoisotopic (exact) mass is 221 g/mol. The zero-order valence-electron chi connectivity index (χ0n) is 9.94. The Labute approximate surface area is 96.5 Å². The highest BCUT2D eigenvalue weighted by Crippen LogP contribution is 2.04. The summed E-state index contributed by atoms with van der Waals surface area (Å²) >= 11 is 0. The molecule has 1 amide bonds. The molecule has 1 aromatic heterocycles. The van der Waals surface area contributed by atoms with Crippen LogP contribution in [0.1, 0.15) is 29.5 Å². The van der Waals surface area contributed by atoms with Crippen LogP contribution in [0.2, 0.25) is 0 Å². The van der Waals surface area contributed by atoms with Gasteiger partial charge in [0.2, 0.25) is 0 Å². The quantitative estimate of drug-likeness (QED) is 0.812. The van der Waals surface area contributed by atoms with Gasteiger partial charge in [0.25, 0.3) is 5.91 Å². The predicted molar refractivity (Wildman–Crippen MR) is 64.2 cm³/mol. The topological polar surface area (TPSA) is 59.2 Å². The lowest BCUT2D eigenvalue weighted by Crippen LogP contribution is -2.36. The molecule has 0 saturated heterocycles. The Hall–Kier alpha value is -1.42. The summed E-state index contributed by atoms with van der Waals surface area (Å²) in [6.45, 7) is 5.72. The van der Waals surface area contributed by atoms with E-state index < -0.39 is 0 Å². The average molecular weight is 221 g/mol. The Bertz CT molecular complexity index is 346. The number of nitrogens with two attached hydrogens (primary N) is 1. The minimum atomic E-state index is -0.0315. The molecule has 0 spiro atoms. The van der Waals surface area contributed by atoms with Crippen molar-refractivity contribution in [3.63, 3.8) is 0 Å². The van der Waals surface area contributed by atoms with E-state index in [1.807, 2.05) is 26.0 Å². The number of amides is 1. The van der Waals surface area contributed by atoms with Crippen molar-refractivity contribution in [2.24, 2.45) is 5.73 Å². The lowest BCUT2D eigenvalue weighted by atomic mass is 10.2. The number of nitrogens with zero attached hydrogens (tertiary/aromatic N) is 2. The van der Waals surface area contributed by atoms with E-state index in [0.29, 0.717) is 18.8 Å². The first-order valence-electron chi connectivity index (χ1n) is 5.62. The van der Waals surface area contributed by atoms with Crippen LogP contribution in [0, 0.1) is 6.92 Å². The van der Waals surface area contributed by atoms with Crippen molar-refractivity contribution in [2.45, 2.75) is 20.3 Å². The molecule has 0 atom stereocenters. The van der Waals surface area contributed by atoms with Gasteiger partial charge in [0.1, 0.15) is 5.69 Å². The molecule has 0 aromatic carbocycles. The molecule has 88 valence electrons. The molecular weight excluding hydrogens is 202 g/mol. The summed E-state index contributed by atoms with van der Waals surface area (Å²) in [5.41, 5.74) is 6.85. The third-order valence-corrected chi connectivity index (χ3v) is 2.29. The minimum absolute atomic E-state index is 0.0315. The largest absolute Gasteiger partial charge is 0.336 e. The molecule has 0 saturated carbocycles. The summed E-state index contributed by atoms with van der Waals surface area (Å²) < 4.78 is 0. The molecule has 4 nitrogen and oxygen atoms in total. The zero-order chi connectivity index (χ0) is 12.0. The summed E-state index contributed by atoms with van der Waals surface area (Å²) in [7, 11) is 0. The maximum atomic E-state index is 12.1. The molecule has 16 heavy (non-hydrogen) atoms. The SMILES string of the molecule is CCCN(CCN)C(=O)c1cccc(C)n1. The Kier molecular flexibility index (Phi) is 4.92. The van der Waals surface area contributed by atoms with E-state index in [0.717, 1.165) is 18.7 Å². The number of rotatable bonds is 5. The van der Waals surface area contributed by atoms with Crippen LogP contribution in [-0.2, 0) is 0 Å². The van der Waals surface area contributed by atoms with Crippen molar-refractivity contribution in [3.05, 3.63) is 29.6 Å². The van der Waals surface area contributed by atoms with E-state index in [2.05, 4.69) is 4.98 Å². The van der Waals surface area contributed by atoms with Crippen molar-refractivity contribution < 1.29 is 4.79 Å². The molecule has 2 N–H and O–H groups in total. The maximum absolute atomic E-state index is 12.1. The van der Waals surface area contributed by atoms with Crippen LogP contribution in [0.3, 0.4) is 0 Å². The number of aryl methyl sites for hydroxylation is 1. The van der Waals surface area contributed by atoms with Gasteiger partial charge in [-0.2, -0.15) is 0 Å². The Morgan fingerprint density at radius 2 is 2.19 bits per heavy atom. The van der Waals surface area contributed by atoms with Gasteiger partial charge >= 0.3 is 0 Å². The smallest absolute Gasteiger partial charge is 0.272 e. The van der Waals surface area contributed by atoms with Gasteiger partial charge in [-0.25, -0.2) is 4.98 Å². The van der Waals surface area contributed by atoms with E-state index in [1.54, 1.807) is 11.0 Å². The van der Waals surface area contributed by atoms with Crippen molar-refractivity contribution in [1.82, 2.24) is 9.88 Å². The molecule has 0 fully saturated rings. The van der Waals surface area contributed by atoms with E-state index in [-0.39, 0.29) is 5.91 Å². The predicted octanol–water partition coefficient (Wildman–Crippen LogP) is 1.20. The maximum Gasteiger partial charge on any atom is 0.272 e. The summed E-state index contributed by atoms with van der Waals surface area (Å²) in [6.07, 6.45) is 0.928. The second kappa shape index (κ2) is 6.23. The second-order valence-electron chi connectivity index (χ2n) is 3.75. The van der Waals surface area contributed by atoms with E-state index in [9.17, 15) is 4.79 Å². The fourth-order valence-electron chi connectivity index (χ4n) is 1.56. The molecule has 4 heteroatoms. The van der Waals surface area contributed by atoms with E-state index in [1.165, 1.54) is 0 Å². The summed E-state index contributed by atoms with van der Waals surface area (Å²) in [4.78, 5) is 18.1. The first-order chi connectivity index (χ1) is 7.69. The van der Waals surface area contributed by atoms with Gasteiger partial charge in [-0.05, 0) is 25.5 Å². The van der Waals surface area contributed by atoms with Crippen molar-refractivity contribution >= 4 is 5.91 Å². The van der Waals surface area contributed by atoms with Crippen LogP contribution >= 0.6 is 0 Å². The van der Waals surface area contributed by atoms with Crippen LogP contribution in [0.15, 0.2) is 18.2 Å². The van der Waals surface area contributed by atoms with Crippen LogP contribution < -0.4 is 5.73 Å². The number of hydrogen-bond donors (Lipinski definition) is 1. The highest BCUT2D eigenvalue weighted by Gasteiger charge is 2.15. The molecule has 1 rings (SSSR count). The fraction of sp³-hybridized carbons (Fsp3) is 0.500. The van der Waals surface area contributed by atoms with Gasteiger partial charge in [0.15, 0.2) is 0 Å². The van der Waals surface area contributed by atoms with Gasteiger partial charge in [0.05, 0.1) is 0 Å². The summed E-state index contributed by atoms with van der Waals surface area (Å²) in [5, 5.41) is 0. The number of hydrogen-bond acceptors (Lipinski definition) is 3. The molecule has 0 aliphatic heterocycles. The third-order valence-electron chi connectivity index (χ3n) is 2.29. The normalized spacial score (nSPS) is 10.2. The molecule has 0 radical (unpaired) electrons. The molecule has 0 aliphatic rings. The molecule has 0 unspecified atom stereocenters. The van der Waals surface area contributed by atoms with Crippen LogP contribution in [0.4, 0.5) is 0 Å². The van der Waals surface area contributed by atoms with Crippen molar-refractivity contribution in [2.75, 3.05) is 19.6 Å². The first-order valence-corrected chi connectivity index (χ1v) is 5.62. The number of aromatic nitrogens is 1. The summed E-state index contributed by atoms with van der Waals surface area (Å²) in [6, 6.07) is 5.47. The molecule has 0 aliphatic carbocycles. The number of carbonyl (C=O) groups excluding carboxylic acids is 1. The van der Waals surface area contributed by atoms with Crippen LogP contribution in [0.25, 0.3) is 0 Å². The van der Waals surface area contributed by atoms with Gasteiger partial charge in [-0.15, -0.1) is 0 Å². The van der Waals surface area contributed by atoms with Gasteiger partial charge in [0, 0.05) is 25.3 Å². The van der Waals surface area contributed by atoms with Gasteiger partial charge < -0.3 is 10.6 Å². The number of pyridine rings is 1. The van der Waals surface area contributed by atoms with E-state index >= 15 is 0 Å². The first kappa shape index (κ1) is 12.6. The highest BCUT2D eigenvalue weighted by atomic mass is 16.2. The van der Waals surface area contributed by atoms with Crippen LogP contribution in [0.5, 0.6) is 0 Å². The lowest BCUT2D eigenvalue weighted by molar-refractivity contribution is 0.0754. The minimum Gasteiger partial charge on any atom is -0.336 e. The number of carbonyl (C=O) groups is 1. The van der Waals surface area contributed by atoms with Crippen molar-refractivity contribution in [3.8, 4) is 0 Å². The molecule has 1 heterocycles. The summed E-state index contributed by atoms with van der Waals surface area (Å²) in [5.74, 6) is -0.0315. The van der Waals surface area contributed by atoms with E-state index in [4.69, 9.17) is 5.73 Å². The Morgan fingerprint density at radius 1 is 1.44 bits per heavy atom.